The van der Waals surface area contributed by atoms with Gasteiger partial charge in [0.2, 0.25) is 5.91 Å². The Morgan fingerprint density at radius 2 is 2.37 bits per heavy atom. The molecule has 5 heteroatoms. The summed E-state index contributed by atoms with van der Waals surface area (Å²) in [6.45, 7) is 5.27. The molecular weight excluding hydrogens is 240 g/mol. The number of aromatic nitrogens is 2. The molecule has 0 aliphatic heterocycles. The molecule has 0 spiro atoms. The fraction of sp³-hybridized carbons (Fsp3) is 0.714. The minimum atomic E-state index is 0.0617. The van der Waals surface area contributed by atoms with Crippen LogP contribution in [0.1, 0.15) is 45.4 Å². The molecule has 1 unspecified atom stereocenters. The summed E-state index contributed by atoms with van der Waals surface area (Å²) in [6, 6.07) is 0.901. The summed E-state index contributed by atoms with van der Waals surface area (Å²) in [5.74, 6) is 0.997. The second-order valence-corrected chi connectivity index (χ2v) is 5.38. The highest BCUT2D eigenvalue weighted by Crippen LogP contribution is 2.19. The maximum Gasteiger partial charge on any atom is 0.240 e. The van der Waals surface area contributed by atoms with E-state index < -0.39 is 0 Å². The summed E-state index contributed by atoms with van der Waals surface area (Å²) in [5.41, 5.74) is 0. The predicted octanol–water partition coefficient (Wildman–Crippen LogP) is 1.44. The van der Waals surface area contributed by atoms with E-state index in [1.54, 1.807) is 6.20 Å². The zero-order chi connectivity index (χ0) is 13.7. The number of carbonyl (C=O) groups is 1. The van der Waals surface area contributed by atoms with Crippen LogP contribution in [-0.4, -0.2) is 27.5 Å². The monoisotopic (exact) mass is 264 g/mol. The molecule has 0 radical (unpaired) electrons. The van der Waals surface area contributed by atoms with Crippen molar-refractivity contribution in [3.05, 3.63) is 18.2 Å². The number of hydrogen-bond acceptors (Lipinski definition) is 3. The summed E-state index contributed by atoms with van der Waals surface area (Å²) in [6.07, 6.45) is 8.25. The Bertz CT molecular complexity index is 411. The summed E-state index contributed by atoms with van der Waals surface area (Å²) in [4.78, 5) is 16.2. The van der Waals surface area contributed by atoms with Gasteiger partial charge in [0.25, 0.3) is 0 Å². The van der Waals surface area contributed by atoms with Crippen molar-refractivity contribution in [3.63, 3.8) is 0 Å². The zero-order valence-electron chi connectivity index (χ0n) is 11.9. The second-order valence-electron chi connectivity index (χ2n) is 5.38. The quantitative estimate of drug-likeness (QED) is 0.747. The zero-order valence-corrected chi connectivity index (χ0v) is 11.9. The van der Waals surface area contributed by atoms with Gasteiger partial charge in [0.15, 0.2) is 0 Å². The van der Waals surface area contributed by atoms with Crippen molar-refractivity contribution in [2.75, 3.05) is 0 Å². The molecule has 106 valence electrons. The third kappa shape index (κ3) is 4.67. The number of imidazole rings is 1. The number of carbonyl (C=O) groups excluding carboxylic acids is 1. The van der Waals surface area contributed by atoms with E-state index in [0.717, 1.165) is 25.2 Å². The minimum Gasteiger partial charge on any atom is -0.352 e. The van der Waals surface area contributed by atoms with Gasteiger partial charge in [-0.05, 0) is 26.2 Å². The third-order valence-electron chi connectivity index (χ3n) is 3.37. The molecule has 1 heterocycles. The van der Waals surface area contributed by atoms with Crippen molar-refractivity contribution in [3.8, 4) is 0 Å². The highest BCUT2D eigenvalue weighted by Gasteiger charge is 2.21. The molecule has 1 aliphatic carbocycles. The lowest BCUT2D eigenvalue weighted by Gasteiger charge is -2.14. The Balaban J connectivity index is 1.80. The van der Waals surface area contributed by atoms with Crippen molar-refractivity contribution in [1.29, 1.82) is 0 Å². The van der Waals surface area contributed by atoms with Gasteiger partial charge in [-0.2, -0.15) is 0 Å². The summed E-state index contributed by atoms with van der Waals surface area (Å²) < 4.78 is 1.92. The van der Waals surface area contributed by atoms with Gasteiger partial charge in [0, 0.05) is 24.5 Å². The number of amides is 1. The first kappa shape index (κ1) is 14.1. The van der Waals surface area contributed by atoms with Crippen LogP contribution in [0, 0.1) is 0 Å². The second kappa shape index (κ2) is 6.70. The van der Waals surface area contributed by atoms with E-state index in [0.29, 0.717) is 12.6 Å². The number of nitrogens with zero attached hydrogens (tertiary/aromatic N) is 2. The first-order chi connectivity index (χ1) is 9.19. The number of hydrogen-bond donors (Lipinski definition) is 2. The van der Waals surface area contributed by atoms with Gasteiger partial charge >= 0.3 is 0 Å². The molecule has 1 aliphatic rings. The van der Waals surface area contributed by atoms with Gasteiger partial charge < -0.3 is 15.2 Å². The van der Waals surface area contributed by atoms with Crippen molar-refractivity contribution < 1.29 is 4.79 Å². The number of rotatable bonds is 8. The molecule has 19 heavy (non-hydrogen) atoms. The Morgan fingerprint density at radius 3 is 3.05 bits per heavy atom. The Labute approximate surface area is 114 Å². The summed E-state index contributed by atoms with van der Waals surface area (Å²) >= 11 is 0. The maximum absolute atomic E-state index is 11.9. The molecule has 1 aromatic rings. The fourth-order valence-electron chi connectivity index (χ4n) is 2.15. The normalized spacial score (nSPS) is 16.3. The van der Waals surface area contributed by atoms with Crippen LogP contribution in [-0.2, 0) is 17.9 Å². The van der Waals surface area contributed by atoms with Crippen molar-refractivity contribution >= 4 is 5.91 Å². The van der Waals surface area contributed by atoms with Gasteiger partial charge in [-0.15, -0.1) is 0 Å². The average Bonchev–Trinajstić information content (AvgIpc) is 3.08. The largest absolute Gasteiger partial charge is 0.352 e. The van der Waals surface area contributed by atoms with Crippen LogP contribution in [0.5, 0.6) is 0 Å². The first-order valence-electron chi connectivity index (χ1n) is 7.21. The highest BCUT2D eigenvalue weighted by molar-refractivity contribution is 5.76. The van der Waals surface area contributed by atoms with E-state index in [2.05, 4.69) is 22.5 Å². The topological polar surface area (TPSA) is 59.0 Å². The fourth-order valence-corrected chi connectivity index (χ4v) is 2.15. The van der Waals surface area contributed by atoms with E-state index >= 15 is 0 Å². The maximum atomic E-state index is 11.9. The van der Waals surface area contributed by atoms with Crippen LogP contribution in [0.15, 0.2) is 12.4 Å². The van der Waals surface area contributed by atoms with Gasteiger partial charge in [0.05, 0.1) is 6.54 Å². The first-order valence-corrected chi connectivity index (χ1v) is 7.21. The van der Waals surface area contributed by atoms with Crippen LogP contribution in [0.25, 0.3) is 0 Å². The molecule has 2 N–H and O–H groups in total. The smallest absolute Gasteiger partial charge is 0.240 e. The molecule has 0 aromatic carbocycles. The van der Waals surface area contributed by atoms with E-state index in [4.69, 9.17) is 0 Å². The molecule has 0 saturated heterocycles. The summed E-state index contributed by atoms with van der Waals surface area (Å²) in [7, 11) is 0. The van der Waals surface area contributed by atoms with Crippen LogP contribution < -0.4 is 10.6 Å². The molecule has 1 saturated carbocycles. The molecule has 2 rings (SSSR count). The molecule has 5 nitrogen and oxygen atoms in total. The molecule has 1 amide bonds. The van der Waals surface area contributed by atoms with Crippen LogP contribution in [0.3, 0.4) is 0 Å². The van der Waals surface area contributed by atoms with Gasteiger partial charge in [0.1, 0.15) is 12.4 Å². The van der Waals surface area contributed by atoms with Gasteiger partial charge in [-0.25, -0.2) is 4.98 Å². The lowest BCUT2D eigenvalue weighted by molar-refractivity contribution is -0.122. The van der Waals surface area contributed by atoms with E-state index in [9.17, 15) is 4.79 Å². The average molecular weight is 264 g/mol. The predicted molar refractivity (Wildman–Crippen MR) is 74.6 cm³/mol. The van der Waals surface area contributed by atoms with Gasteiger partial charge in [-0.1, -0.05) is 13.3 Å². The van der Waals surface area contributed by atoms with Crippen LogP contribution in [0.4, 0.5) is 0 Å². The molecule has 1 aromatic heterocycles. The van der Waals surface area contributed by atoms with Crippen LogP contribution in [0.2, 0.25) is 0 Å². The lowest BCUT2D eigenvalue weighted by atomic mass is 10.2. The highest BCUT2D eigenvalue weighted by atomic mass is 16.2. The van der Waals surface area contributed by atoms with Crippen molar-refractivity contribution in [2.24, 2.45) is 0 Å². The Morgan fingerprint density at radius 1 is 1.58 bits per heavy atom. The third-order valence-corrected chi connectivity index (χ3v) is 3.37. The molecule has 1 atom stereocenters. The Kier molecular flexibility index (Phi) is 4.96. The standard InChI is InChI=1S/C14H24N4O/c1-3-4-11(2)17-14(19)10-18-8-7-15-13(18)9-16-12-5-6-12/h7-8,11-12,16H,3-6,9-10H2,1-2H3,(H,17,19). The van der Waals surface area contributed by atoms with Crippen LogP contribution >= 0.6 is 0 Å². The SMILES string of the molecule is CCCC(C)NC(=O)Cn1ccnc1CNC1CC1. The van der Waals surface area contributed by atoms with E-state index in [1.807, 2.05) is 17.7 Å². The minimum absolute atomic E-state index is 0.0617. The van der Waals surface area contributed by atoms with Crippen molar-refractivity contribution in [1.82, 2.24) is 20.2 Å². The van der Waals surface area contributed by atoms with E-state index in [1.165, 1.54) is 12.8 Å². The Hall–Kier alpha value is -1.36. The van der Waals surface area contributed by atoms with Crippen molar-refractivity contribution in [2.45, 2.75) is 64.7 Å². The van der Waals surface area contributed by atoms with Gasteiger partial charge in [-0.3, -0.25) is 4.79 Å². The molecule has 0 bridgehead atoms. The summed E-state index contributed by atoms with van der Waals surface area (Å²) in [5, 5.41) is 6.43. The lowest BCUT2D eigenvalue weighted by Crippen LogP contribution is -2.35. The van der Waals surface area contributed by atoms with E-state index in [-0.39, 0.29) is 11.9 Å². The molecular formula is C14H24N4O. The number of nitrogens with one attached hydrogen (secondary N) is 2. The molecule has 1 fully saturated rings.